The molecule has 1 N–H and O–H groups in total. The fourth-order valence-corrected chi connectivity index (χ4v) is 1.73. The summed E-state index contributed by atoms with van der Waals surface area (Å²) >= 11 is 0. The molecule has 0 bridgehead atoms. The normalized spacial score (nSPS) is 9.64. The molecule has 1 heterocycles. The van der Waals surface area contributed by atoms with Gasteiger partial charge in [0.1, 0.15) is 5.69 Å². The Morgan fingerprint density at radius 2 is 1.86 bits per heavy atom. The molecule has 0 saturated carbocycles. The highest BCUT2D eigenvalue weighted by atomic mass is 16.5. The Balaban J connectivity index is 2.04. The van der Waals surface area contributed by atoms with Gasteiger partial charge in [-0.2, -0.15) is 5.26 Å². The zero-order valence-electron chi connectivity index (χ0n) is 11.9. The molecule has 0 radical (unpaired) electrons. The molecule has 6 heteroatoms. The number of rotatable bonds is 4. The fourth-order valence-electron chi connectivity index (χ4n) is 1.73. The number of aromatic nitrogens is 1. The molecule has 1 amide bonds. The van der Waals surface area contributed by atoms with E-state index in [0.717, 1.165) is 11.1 Å². The quantitative estimate of drug-likeness (QED) is 0.686. The third kappa shape index (κ3) is 3.90. The molecule has 22 heavy (non-hydrogen) atoms. The summed E-state index contributed by atoms with van der Waals surface area (Å²) in [5.74, 6) is -0.892. The third-order valence-corrected chi connectivity index (χ3v) is 2.85. The van der Waals surface area contributed by atoms with Crippen molar-refractivity contribution in [3.05, 3.63) is 53.9 Å². The van der Waals surface area contributed by atoms with E-state index in [1.54, 1.807) is 30.5 Å². The minimum absolute atomic E-state index is 0.187. The lowest BCUT2D eigenvalue weighted by Gasteiger charge is -2.06. The van der Waals surface area contributed by atoms with Crippen LogP contribution in [-0.2, 0) is 9.53 Å². The molecular formula is C16H13N3O3. The van der Waals surface area contributed by atoms with E-state index in [2.05, 4.69) is 21.1 Å². The van der Waals surface area contributed by atoms with Crippen molar-refractivity contribution in [1.82, 2.24) is 10.3 Å². The molecule has 0 spiro atoms. The van der Waals surface area contributed by atoms with E-state index in [1.807, 2.05) is 12.1 Å². The lowest BCUT2D eigenvalue weighted by Crippen LogP contribution is -2.27. The van der Waals surface area contributed by atoms with Gasteiger partial charge in [-0.1, -0.05) is 18.2 Å². The SMILES string of the molecule is CC(=O)OCNC(=O)c1ccc(-c2ccc(C#N)cc2)cn1. The highest BCUT2D eigenvalue weighted by Gasteiger charge is 2.07. The van der Waals surface area contributed by atoms with Crippen LogP contribution in [0.4, 0.5) is 0 Å². The minimum Gasteiger partial charge on any atom is -0.445 e. The zero-order valence-corrected chi connectivity index (χ0v) is 11.9. The molecule has 0 unspecified atom stereocenters. The van der Waals surface area contributed by atoms with E-state index < -0.39 is 11.9 Å². The summed E-state index contributed by atoms with van der Waals surface area (Å²) in [5.41, 5.74) is 2.54. The van der Waals surface area contributed by atoms with Crippen molar-refractivity contribution in [1.29, 1.82) is 5.26 Å². The maximum Gasteiger partial charge on any atom is 0.304 e. The topological polar surface area (TPSA) is 92.1 Å². The summed E-state index contributed by atoms with van der Waals surface area (Å²) in [5, 5.41) is 11.2. The van der Waals surface area contributed by atoms with E-state index in [1.165, 1.54) is 6.92 Å². The Bertz CT molecular complexity index is 716. The largest absolute Gasteiger partial charge is 0.445 e. The molecule has 1 aromatic carbocycles. The van der Waals surface area contributed by atoms with Gasteiger partial charge in [0.15, 0.2) is 6.73 Å². The number of hydrogen-bond donors (Lipinski definition) is 1. The summed E-state index contributed by atoms with van der Waals surface area (Å²) in [6.07, 6.45) is 1.57. The number of esters is 1. The first kappa shape index (κ1) is 15.2. The highest BCUT2D eigenvalue weighted by Crippen LogP contribution is 2.18. The maximum atomic E-state index is 11.8. The van der Waals surface area contributed by atoms with Crippen molar-refractivity contribution in [2.45, 2.75) is 6.92 Å². The van der Waals surface area contributed by atoms with Crippen LogP contribution in [0, 0.1) is 11.3 Å². The van der Waals surface area contributed by atoms with Crippen molar-refractivity contribution >= 4 is 11.9 Å². The van der Waals surface area contributed by atoms with Crippen molar-refractivity contribution in [3.8, 4) is 17.2 Å². The van der Waals surface area contributed by atoms with Crippen molar-refractivity contribution in [2.24, 2.45) is 0 Å². The molecule has 110 valence electrons. The van der Waals surface area contributed by atoms with Crippen LogP contribution in [0.2, 0.25) is 0 Å². The number of nitrogens with zero attached hydrogens (tertiary/aromatic N) is 2. The number of amides is 1. The number of benzene rings is 1. The molecule has 2 aromatic rings. The molecule has 0 atom stereocenters. The maximum absolute atomic E-state index is 11.8. The molecule has 0 aliphatic heterocycles. The van der Waals surface area contributed by atoms with Gasteiger partial charge in [0, 0.05) is 18.7 Å². The van der Waals surface area contributed by atoms with Crippen molar-refractivity contribution in [3.63, 3.8) is 0 Å². The van der Waals surface area contributed by atoms with Crippen LogP contribution >= 0.6 is 0 Å². The first-order valence-electron chi connectivity index (χ1n) is 6.48. The number of carbonyl (C=O) groups is 2. The monoisotopic (exact) mass is 295 g/mol. The van der Waals surface area contributed by atoms with Gasteiger partial charge < -0.3 is 10.1 Å². The van der Waals surface area contributed by atoms with Gasteiger partial charge in [-0.25, -0.2) is 0 Å². The predicted molar refractivity (Wildman–Crippen MR) is 78.5 cm³/mol. The molecule has 2 rings (SSSR count). The second-order valence-electron chi connectivity index (χ2n) is 4.41. The number of pyridine rings is 1. The first-order chi connectivity index (χ1) is 10.6. The molecule has 0 aliphatic carbocycles. The zero-order chi connectivity index (χ0) is 15.9. The van der Waals surface area contributed by atoms with Crippen LogP contribution in [0.5, 0.6) is 0 Å². The Labute approximate surface area is 127 Å². The van der Waals surface area contributed by atoms with Gasteiger partial charge in [-0.15, -0.1) is 0 Å². The number of ether oxygens (including phenoxy) is 1. The van der Waals surface area contributed by atoms with Crippen LogP contribution in [0.1, 0.15) is 23.0 Å². The van der Waals surface area contributed by atoms with Gasteiger partial charge in [-0.05, 0) is 23.8 Å². The average molecular weight is 295 g/mol. The molecule has 0 aliphatic rings. The van der Waals surface area contributed by atoms with E-state index in [9.17, 15) is 9.59 Å². The van der Waals surface area contributed by atoms with Gasteiger partial charge in [0.25, 0.3) is 5.91 Å². The average Bonchev–Trinajstić information content (AvgIpc) is 2.54. The standard InChI is InChI=1S/C16H13N3O3/c1-11(20)22-10-19-16(21)15-7-6-14(9-18-15)13-4-2-12(8-17)3-5-13/h2-7,9H,10H2,1H3,(H,19,21). The Hall–Kier alpha value is -3.20. The Kier molecular flexibility index (Phi) is 4.83. The molecule has 6 nitrogen and oxygen atoms in total. The fraction of sp³-hybridized carbons (Fsp3) is 0.125. The van der Waals surface area contributed by atoms with Crippen LogP contribution in [0.15, 0.2) is 42.6 Å². The lowest BCUT2D eigenvalue weighted by atomic mass is 10.1. The van der Waals surface area contributed by atoms with Crippen LogP contribution in [-0.4, -0.2) is 23.6 Å². The van der Waals surface area contributed by atoms with Crippen molar-refractivity contribution < 1.29 is 14.3 Å². The summed E-state index contributed by atoms with van der Waals surface area (Å²) < 4.78 is 4.62. The smallest absolute Gasteiger partial charge is 0.304 e. The lowest BCUT2D eigenvalue weighted by molar-refractivity contribution is -0.141. The van der Waals surface area contributed by atoms with Gasteiger partial charge >= 0.3 is 5.97 Å². The Morgan fingerprint density at radius 3 is 2.41 bits per heavy atom. The molecule has 0 fully saturated rings. The number of carbonyl (C=O) groups excluding carboxylic acids is 2. The van der Waals surface area contributed by atoms with E-state index in [-0.39, 0.29) is 12.4 Å². The van der Waals surface area contributed by atoms with Crippen molar-refractivity contribution in [2.75, 3.05) is 6.73 Å². The minimum atomic E-state index is -0.468. The summed E-state index contributed by atoms with van der Waals surface area (Å²) in [6, 6.07) is 12.5. The second kappa shape index (κ2) is 6.99. The Morgan fingerprint density at radius 1 is 1.18 bits per heavy atom. The second-order valence-corrected chi connectivity index (χ2v) is 4.41. The summed E-state index contributed by atoms with van der Waals surface area (Å²) in [6.45, 7) is 1.07. The summed E-state index contributed by atoms with van der Waals surface area (Å²) in [4.78, 5) is 26.4. The number of nitrogens with one attached hydrogen (secondary N) is 1. The van der Waals surface area contributed by atoms with Crippen LogP contribution in [0.3, 0.4) is 0 Å². The van der Waals surface area contributed by atoms with E-state index >= 15 is 0 Å². The number of nitriles is 1. The summed E-state index contributed by atoms with van der Waals surface area (Å²) in [7, 11) is 0. The van der Waals surface area contributed by atoms with E-state index in [0.29, 0.717) is 5.56 Å². The first-order valence-corrected chi connectivity index (χ1v) is 6.48. The molecule has 1 aromatic heterocycles. The van der Waals surface area contributed by atoms with Gasteiger partial charge in [-0.3, -0.25) is 14.6 Å². The van der Waals surface area contributed by atoms with Gasteiger partial charge in [0.2, 0.25) is 0 Å². The predicted octanol–water partition coefficient (Wildman–Crippen LogP) is 1.87. The molecular weight excluding hydrogens is 282 g/mol. The third-order valence-electron chi connectivity index (χ3n) is 2.85. The van der Waals surface area contributed by atoms with Gasteiger partial charge in [0.05, 0.1) is 11.6 Å². The highest BCUT2D eigenvalue weighted by molar-refractivity contribution is 5.92. The van der Waals surface area contributed by atoms with Crippen LogP contribution in [0.25, 0.3) is 11.1 Å². The molecule has 0 saturated heterocycles. The van der Waals surface area contributed by atoms with Crippen LogP contribution < -0.4 is 5.32 Å². The van der Waals surface area contributed by atoms with E-state index in [4.69, 9.17) is 5.26 Å². The number of hydrogen-bond acceptors (Lipinski definition) is 5.